The summed E-state index contributed by atoms with van der Waals surface area (Å²) in [5.41, 5.74) is 11.2. The molecule has 4 nitrogen and oxygen atoms in total. The molecule has 0 saturated carbocycles. The van der Waals surface area contributed by atoms with E-state index in [-0.39, 0.29) is 0 Å². The average Bonchev–Trinajstić information content (AvgIpc) is 2.90. The van der Waals surface area contributed by atoms with Crippen molar-refractivity contribution in [2.45, 2.75) is 27.7 Å². The van der Waals surface area contributed by atoms with Crippen molar-refractivity contribution in [3.63, 3.8) is 0 Å². The highest BCUT2D eigenvalue weighted by Gasteiger charge is 2.21. The molecule has 0 bridgehead atoms. The van der Waals surface area contributed by atoms with E-state index in [0.717, 1.165) is 39.6 Å². The molecule has 3 aromatic rings. The summed E-state index contributed by atoms with van der Waals surface area (Å²) in [6.45, 7) is 7.99. The van der Waals surface area contributed by atoms with Gasteiger partial charge in [0.15, 0.2) is 0 Å². The third-order valence-electron chi connectivity index (χ3n) is 3.97. The first kappa shape index (κ1) is 13.5. The molecule has 0 fully saturated rings. The van der Waals surface area contributed by atoms with Gasteiger partial charge >= 0.3 is 0 Å². The number of furan rings is 1. The van der Waals surface area contributed by atoms with Crippen molar-refractivity contribution in [2.24, 2.45) is 0 Å². The molecule has 2 heterocycles. The Morgan fingerprint density at radius 3 is 2.19 bits per heavy atom. The first-order valence-corrected chi connectivity index (χ1v) is 6.98. The van der Waals surface area contributed by atoms with Crippen LogP contribution in [0, 0.1) is 27.7 Å². The van der Waals surface area contributed by atoms with Crippen LogP contribution in [0.1, 0.15) is 22.6 Å². The summed E-state index contributed by atoms with van der Waals surface area (Å²) >= 11 is 0. The summed E-state index contributed by atoms with van der Waals surface area (Å²) in [5, 5.41) is 4.72. The van der Waals surface area contributed by atoms with E-state index in [1.807, 2.05) is 51.1 Å². The van der Waals surface area contributed by atoms with Gasteiger partial charge in [-0.2, -0.15) is 5.10 Å². The number of rotatable bonds is 2. The number of nitrogens with zero attached hydrogens (tertiary/aromatic N) is 2. The number of nitrogens with two attached hydrogens (primary N) is 1. The van der Waals surface area contributed by atoms with Crippen molar-refractivity contribution in [3.8, 4) is 16.9 Å². The summed E-state index contributed by atoms with van der Waals surface area (Å²) in [6.07, 6.45) is 0. The number of hydrogen-bond donors (Lipinski definition) is 1. The lowest BCUT2D eigenvalue weighted by molar-refractivity contribution is 0.503. The van der Waals surface area contributed by atoms with Gasteiger partial charge in [-0.05, 0) is 45.4 Å². The van der Waals surface area contributed by atoms with E-state index in [9.17, 15) is 0 Å². The second kappa shape index (κ2) is 4.81. The van der Waals surface area contributed by atoms with Crippen molar-refractivity contribution in [1.82, 2.24) is 9.78 Å². The minimum atomic E-state index is 0.661. The largest absolute Gasteiger partial charge is 0.466 e. The van der Waals surface area contributed by atoms with Crippen LogP contribution in [0.5, 0.6) is 0 Å². The number of aryl methyl sites for hydroxylation is 2. The molecule has 0 saturated heterocycles. The minimum absolute atomic E-state index is 0.661. The lowest BCUT2D eigenvalue weighted by Gasteiger charge is -2.02. The van der Waals surface area contributed by atoms with Crippen molar-refractivity contribution in [3.05, 3.63) is 53.0 Å². The van der Waals surface area contributed by atoms with Gasteiger partial charge < -0.3 is 10.2 Å². The fourth-order valence-corrected chi connectivity index (χ4v) is 2.65. The Bertz CT molecular complexity index is 797. The molecule has 3 rings (SSSR count). The summed E-state index contributed by atoms with van der Waals surface area (Å²) in [6, 6.07) is 9.92. The fraction of sp³-hybridized carbons (Fsp3) is 0.235. The second-order valence-electron chi connectivity index (χ2n) is 5.32. The fourth-order valence-electron chi connectivity index (χ4n) is 2.65. The Balaban J connectivity index is 2.22. The van der Waals surface area contributed by atoms with Gasteiger partial charge in [0.25, 0.3) is 0 Å². The molecule has 0 radical (unpaired) electrons. The van der Waals surface area contributed by atoms with Crippen LogP contribution in [0.3, 0.4) is 0 Å². The lowest BCUT2D eigenvalue weighted by atomic mass is 10.0. The summed E-state index contributed by atoms with van der Waals surface area (Å²) < 4.78 is 7.50. The Hall–Kier alpha value is -2.49. The molecule has 21 heavy (non-hydrogen) atoms. The maximum atomic E-state index is 6.25. The van der Waals surface area contributed by atoms with Gasteiger partial charge in [-0.1, -0.05) is 18.2 Å². The van der Waals surface area contributed by atoms with Gasteiger partial charge in [0.1, 0.15) is 23.0 Å². The molecule has 2 aromatic heterocycles. The molecule has 1 aromatic carbocycles. The van der Waals surface area contributed by atoms with Crippen molar-refractivity contribution >= 4 is 5.82 Å². The maximum absolute atomic E-state index is 6.25. The van der Waals surface area contributed by atoms with Crippen molar-refractivity contribution in [1.29, 1.82) is 0 Å². The predicted octanol–water partition coefficient (Wildman–Crippen LogP) is 3.95. The third-order valence-corrected chi connectivity index (χ3v) is 3.97. The zero-order valence-electron chi connectivity index (χ0n) is 12.8. The van der Waals surface area contributed by atoms with Gasteiger partial charge in [0.2, 0.25) is 0 Å². The number of para-hydroxylation sites is 1. The average molecular weight is 281 g/mol. The monoisotopic (exact) mass is 281 g/mol. The third kappa shape index (κ3) is 2.03. The van der Waals surface area contributed by atoms with Crippen molar-refractivity contribution < 1.29 is 4.42 Å². The SMILES string of the molecule is Cc1oc(C)c(-c2nn(-c3ccccc3)c(N)c2C)c1C. The van der Waals surface area contributed by atoms with E-state index in [1.54, 1.807) is 4.68 Å². The van der Waals surface area contributed by atoms with Crippen LogP contribution >= 0.6 is 0 Å². The molecule has 2 N–H and O–H groups in total. The van der Waals surface area contributed by atoms with Crippen LogP contribution in [0.4, 0.5) is 5.82 Å². The Kier molecular flexibility index (Phi) is 3.09. The molecule has 4 heteroatoms. The molecular weight excluding hydrogens is 262 g/mol. The van der Waals surface area contributed by atoms with Gasteiger partial charge in [0.05, 0.1) is 5.69 Å². The molecule has 0 aliphatic rings. The first-order valence-electron chi connectivity index (χ1n) is 6.98. The van der Waals surface area contributed by atoms with Crippen LogP contribution < -0.4 is 5.73 Å². The highest BCUT2D eigenvalue weighted by Crippen LogP contribution is 2.35. The Labute approximate surface area is 124 Å². The number of anilines is 1. The van der Waals surface area contributed by atoms with Gasteiger partial charge in [-0.15, -0.1) is 0 Å². The number of benzene rings is 1. The van der Waals surface area contributed by atoms with E-state index in [0.29, 0.717) is 5.82 Å². The molecular formula is C17H19N3O. The molecule has 0 aliphatic heterocycles. The first-order chi connectivity index (χ1) is 10.0. The van der Waals surface area contributed by atoms with Gasteiger partial charge in [0, 0.05) is 11.1 Å². The molecule has 108 valence electrons. The minimum Gasteiger partial charge on any atom is -0.466 e. The van der Waals surface area contributed by atoms with E-state index in [4.69, 9.17) is 15.2 Å². The normalized spacial score (nSPS) is 11.0. The van der Waals surface area contributed by atoms with E-state index < -0.39 is 0 Å². The van der Waals surface area contributed by atoms with Crippen LogP contribution in [0.15, 0.2) is 34.7 Å². The van der Waals surface area contributed by atoms with Gasteiger partial charge in [-0.25, -0.2) is 4.68 Å². The lowest BCUT2D eigenvalue weighted by Crippen LogP contribution is -2.01. The molecule has 0 amide bonds. The van der Waals surface area contributed by atoms with Gasteiger partial charge in [-0.3, -0.25) is 0 Å². The van der Waals surface area contributed by atoms with Crippen LogP contribution in [-0.4, -0.2) is 9.78 Å². The second-order valence-corrected chi connectivity index (χ2v) is 5.32. The molecule has 0 spiro atoms. The highest BCUT2D eigenvalue weighted by molar-refractivity contribution is 5.73. The smallest absolute Gasteiger partial charge is 0.130 e. The quantitative estimate of drug-likeness (QED) is 0.773. The summed E-state index contributed by atoms with van der Waals surface area (Å²) in [4.78, 5) is 0. The number of hydrogen-bond acceptors (Lipinski definition) is 3. The molecule has 0 aliphatic carbocycles. The van der Waals surface area contributed by atoms with Crippen LogP contribution in [0.25, 0.3) is 16.9 Å². The number of nitrogen functional groups attached to an aromatic ring is 1. The summed E-state index contributed by atoms with van der Waals surface area (Å²) in [5.74, 6) is 2.47. The summed E-state index contributed by atoms with van der Waals surface area (Å²) in [7, 11) is 0. The van der Waals surface area contributed by atoms with Crippen LogP contribution in [0.2, 0.25) is 0 Å². The van der Waals surface area contributed by atoms with E-state index in [2.05, 4.69) is 6.92 Å². The highest BCUT2D eigenvalue weighted by atomic mass is 16.3. The zero-order chi connectivity index (χ0) is 15.1. The number of aromatic nitrogens is 2. The van der Waals surface area contributed by atoms with Crippen molar-refractivity contribution in [2.75, 3.05) is 5.73 Å². The van der Waals surface area contributed by atoms with E-state index in [1.165, 1.54) is 0 Å². The van der Waals surface area contributed by atoms with Crippen LogP contribution in [-0.2, 0) is 0 Å². The van der Waals surface area contributed by atoms with E-state index >= 15 is 0 Å². The molecule has 0 atom stereocenters. The Morgan fingerprint density at radius 2 is 1.62 bits per heavy atom. The predicted molar refractivity (Wildman–Crippen MR) is 84.6 cm³/mol. The molecule has 0 unspecified atom stereocenters. The zero-order valence-corrected chi connectivity index (χ0v) is 12.8. The standard InChI is InChI=1S/C17H19N3O/c1-10-12(3)21-13(4)15(10)16-11(2)17(18)20(19-16)14-8-6-5-7-9-14/h5-9H,18H2,1-4H3. The maximum Gasteiger partial charge on any atom is 0.130 e. The topological polar surface area (TPSA) is 57.0 Å². The Morgan fingerprint density at radius 1 is 0.952 bits per heavy atom.